The van der Waals surface area contributed by atoms with Crippen molar-refractivity contribution in [3.05, 3.63) is 42.2 Å². The van der Waals surface area contributed by atoms with Crippen LogP contribution in [0.25, 0.3) is 11.6 Å². The van der Waals surface area contributed by atoms with Crippen LogP contribution in [-0.2, 0) is 22.6 Å². The zero-order chi connectivity index (χ0) is 22.3. The lowest BCUT2D eigenvalue weighted by molar-refractivity contribution is -0.119. The molecule has 2 aromatic heterocycles. The highest BCUT2D eigenvalue weighted by atomic mass is 32.2. The van der Waals surface area contributed by atoms with Crippen LogP contribution in [-0.4, -0.2) is 52.1 Å². The summed E-state index contributed by atoms with van der Waals surface area (Å²) in [5.74, 6) is 2.09. The van der Waals surface area contributed by atoms with Gasteiger partial charge in [-0.25, -0.2) is 0 Å². The predicted molar refractivity (Wildman–Crippen MR) is 116 cm³/mol. The van der Waals surface area contributed by atoms with E-state index < -0.39 is 5.91 Å². The minimum absolute atomic E-state index is 0.126. The van der Waals surface area contributed by atoms with E-state index in [0.29, 0.717) is 49.5 Å². The Kier molecular flexibility index (Phi) is 6.95. The first-order chi connectivity index (χ1) is 15.6. The SMILES string of the molecule is NC(=O)CCn1c(SCC(=O)NCCc2ccc3c(c2)OCCO3)nnc1-c1ccco1. The summed E-state index contributed by atoms with van der Waals surface area (Å²) in [6.07, 6.45) is 2.33. The second-order valence-electron chi connectivity index (χ2n) is 7.02. The number of nitrogens with one attached hydrogen (secondary N) is 1. The van der Waals surface area contributed by atoms with Gasteiger partial charge in [0.2, 0.25) is 11.8 Å². The van der Waals surface area contributed by atoms with Gasteiger partial charge in [-0.2, -0.15) is 0 Å². The molecule has 11 heteroatoms. The van der Waals surface area contributed by atoms with Crippen molar-refractivity contribution in [1.29, 1.82) is 0 Å². The Morgan fingerprint density at radius 1 is 1.16 bits per heavy atom. The standard InChI is InChI=1S/C21H23N5O5S/c22-18(27)6-8-26-20(16-2-1-9-29-16)24-25-21(26)32-13-19(28)23-7-5-14-3-4-15-17(12-14)31-11-10-30-15/h1-4,9,12H,5-8,10-11,13H2,(H2,22,27)(H,23,28). The molecule has 0 saturated carbocycles. The molecule has 0 fully saturated rings. The van der Waals surface area contributed by atoms with Crippen LogP contribution in [0.5, 0.6) is 11.5 Å². The van der Waals surface area contributed by atoms with Gasteiger partial charge < -0.3 is 24.9 Å². The van der Waals surface area contributed by atoms with Crippen LogP contribution in [0.15, 0.2) is 46.2 Å². The summed E-state index contributed by atoms with van der Waals surface area (Å²) in [7, 11) is 0. The number of hydrogen-bond donors (Lipinski definition) is 2. The van der Waals surface area contributed by atoms with Gasteiger partial charge in [-0.15, -0.1) is 10.2 Å². The van der Waals surface area contributed by atoms with Gasteiger partial charge in [-0.05, 0) is 36.2 Å². The van der Waals surface area contributed by atoms with Crippen molar-refractivity contribution in [2.75, 3.05) is 25.5 Å². The lowest BCUT2D eigenvalue weighted by Crippen LogP contribution is -2.27. The first-order valence-corrected chi connectivity index (χ1v) is 11.1. The Morgan fingerprint density at radius 3 is 2.78 bits per heavy atom. The molecular weight excluding hydrogens is 434 g/mol. The number of ether oxygens (including phenoxy) is 2. The van der Waals surface area contributed by atoms with Crippen molar-refractivity contribution in [2.45, 2.75) is 24.5 Å². The number of hydrogen-bond acceptors (Lipinski definition) is 8. The Bertz CT molecular complexity index is 1080. The van der Waals surface area contributed by atoms with Gasteiger partial charge in [0.25, 0.3) is 0 Å². The third kappa shape index (κ3) is 5.41. The second kappa shape index (κ2) is 10.2. The highest BCUT2D eigenvalue weighted by molar-refractivity contribution is 7.99. The highest BCUT2D eigenvalue weighted by Crippen LogP contribution is 2.30. The average Bonchev–Trinajstić information content (AvgIpc) is 3.46. The minimum Gasteiger partial charge on any atom is -0.486 e. The number of rotatable bonds is 10. The maximum atomic E-state index is 12.3. The molecule has 0 radical (unpaired) electrons. The number of furan rings is 1. The molecule has 32 heavy (non-hydrogen) atoms. The fourth-order valence-corrected chi connectivity index (χ4v) is 3.97. The molecule has 3 heterocycles. The van der Waals surface area contributed by atoms with E-state index in [9.17, 15) is 9.59 Å². The molecule has 10 nitrogen and oxygen atoms in total. The summed E-state index contributed by atoms with van der Waals surface area (Å²) in [5.41, 5.74) is 6.34. The second-order valence-corrected chi connectivity index (χ2v) is 7.96. The number of nitrogens with two attached hydrogens (primary N) is 1. The molecule has 0 bridgehead atoms. The van der Waals surface area contributed by atoms with Crippen LogP contribution in [0.2, 0.25) is 0 Å². The Hall–Kier alpha value is -3.47. The molecule has 0 atom stereocenters. The van der Waals surface area contributed by atoms with Gasteiger partial charge in [0.15, 0.2) is 28.2 Å². The molecule has 2 amide bonds. The molecule has 3 N–H and O–H groups in total. The number of primary amides is 1. The average molecular weight is 458 g/mol. The van der Waals surface area contributed by atoms with Gasteiger partial charge in [0.1, 0.15) is 13.2 Å². The fraction of sp³-hybridized carbons (Fsp3) is 0.333. The molecule has 0 spiro atoms. The zero-order valence-corrected chi connectivity index (χ0v) is 18.1. The molecule has 1 aliphatic heterocycles. The van der Waals surface area contributed by atoms with Crippen LogP contribution < -0.4 is 20.5 Å². The number of fused-ring (bicyclic) bond motifs is 1. The van der Waals surface area contributed by atoms with Gasteiger partial charge in [0.05, 0.1) is 12.0 Å². The first-order valence-electron chi connectivity index (χ1n) is 10.1. The van der Waals surface area contributed by atoms with E-state index in [1.165, 1.54) is 18.0 Å². The normalized spacial score (nSPS) is 12.5. The Labute approximate surface area is 188 Å². The third-order valence-electron chi connectivity index (χ3n) is 4.72. The summed E-state index contributed by atoms with van der Waals surface area (Å²) in [4.78, 5) is 23.6. The number of carbonyl (C=O) groups is 2. The minimum atomic E-state index is -0.433. The van der Waals surface area contributed by atoms with E-state index in [2.05, 4.69) is 15.5 Å². The molecule has 1 aromatic carbocycles. The van der Waals surface area contributed by atoms with Crippen LogP contribution in [0, 0.1) is 0 Å². The van der Waals surface area contributed by atoms with E-state index >= 15 is 0 Å². The smallest absolute Gasteiger partial charge is 0.230 e. The van der Waals surface area contributed by atoms with Crippen molar-refractivity contribution in [2.24, 2.45) is 5.73 Å². The summed E-state index contributed by atoms with van der Waals surface area (Å²) in [6, 6.07) is 9.28. The van der Waals surface area contributed by atoms with Crippen molar-refractivity contribution in [3.63, 3.8) is 0 Å². The quantitative estimate of drug-likeness (QED) is 0.439. The molecule has 0 saturated heterocycles. The largest absolute Gasteiger partial charge is 0.486 e. The molecule has 0 aliphatic carbocycles. The van der Waals surface area contributed by atoms with Crippen molar-refractivity contribution >= 4 is 23.6 Å². The summed E-state index contributed by atoms with van der Waals surface area (Å²) >= 11 is 1.24. The monoisotopic (exact) mass is 457 g/mol. The molecule has 168 valence electrons. The maximum absolute atomic E-state index is 12.3. The van der Waals surface area contributed by atoms with Gasteiger partial charge in [-0.1, -0.05) is 17.8 Å². The lowest BCUT2D eigenvalue weighted by Gasteiger charge is -2.18. The Balaban J connectivity index is 1.30. The molecular formula is C21H23N5O5S. The van der Waals surface area contributed by atoms with Crippen LogP contribution in [0.4, 0.5) is 0 Å². The number of amides is 2. The number of nitrogens with zero attached hydrogens (tertiary/aromatic N) is 3. The molecule has 1 aliphatic rings. The predicted octanol–water partition coefficient (Wildman–Crippen LogP) is 1.64. The topological polar surface area (TPSA) is 134 Å². The summed E-state index contributed by atoms with van der Waals surface area (Å²) < 4.78 is 18.2. The Morgan fingerprint density at radius 2 is 2.00 bits per heavy atom. The molecule has 3 aromatic rings. The van der Waals surface area contributed by atoms with E-state index in [1.807, 2.05) is 18.2 Å². The lowest BCUT2D eigenvalue weighted by atomic mass is 10.1. The summed E-state index contributed by atoms with van der Waals surface area (Å²) in [6.45, 7) is 1.88. The van der Waals surface area contributed by atoms with Crippen LogP contribution >= 0.6 is 11.8 Å². The number of carbonyl (C=O) groups excluding carboxylic acids is 2. The van der Waals surface area contributed by atoms with Crippen molar-refractivity contribution in [3.8, 4) is 23.1 Å². The van der Waals surface area contributed by atoms with E-state index in [4.69, 9.17) is 19.6 Å². The number of benzene rings is 1. The molecule has 4 rings (SSSR count). The van der Waals surface area contributed by atoms with Gasteiger partial charge in [0, 0.05) is 19.5 Å². The zero-order valence-electron chi connectivity index (χ0n) is 17.3. The van der Waals surface area contributed by atoms with Crippen molar-refractivity contribution in [1.82, 2.24) is 20.1 Å². The summed E-state index contributed by atoms with van der Waals surface area (Å²) in [5, 5.41) is 11.7. The van der Waals surface area contributed by atoms with E-state index in [1.54, 1.807) is 16.7 Å². The van der Waals surface area contributed by atoms with Gasteiger partial charge >= 0.3 is 0 Å². The fourth-order valence-electron chi connectivity index (χ4n) is 3.18. The van der Waals surface area contributed by atoms with Crippen LogP contribution in [0.3, 0.4) is 0 Å². The number of thioether (sulfide) groups is 1. The first kappa shape index (κ1) is 21.8. The highest BCUT2D eigenvalue weighted by Gasteiger charge is 2.18. The van der Waals surface area contributed by atoms with Crippen molar-refractivity contribution < 1.29 is 23.5 Å². The van der Waals surface area contributed by atoms with Crippen LogP contribution in [0.1, 0.15) is 12.0 Å². The molecule has 0 unspecified atom stereocenters. The third-order valence-corrected chi connectivity index (χ3v) is 5.68. The van der Waals surface area contributed by atoms with Gasteiger partial charge in [-0.3, -0.25) is 14.2 Å². The number of aromatic nitrogens is 3. The van der Waals surface area contributed by atoms with E-state index in [-0.39, 0.29) is 18.1 Å². The maximum Gasteiger partial charge on any atom is 0.230 e. The van der Waals surface area contributed by atoms with E-state index in [0.717, 1.165) is 17.1 Å².